The van der Waals surface area contributed by atoms with Gasteiger partial charge in [0, 0.05) is 17.8 Å². The fourth-order valence-corrected chi connectivity index (χ4v) is 1.45. The second kappa shape index (κ2) is 4.18. The van der Waals surface area contributed by atoms with Gasteiger partial charge >= 0.3 is 0 Å². The topological polar surface area (TPSA) is 25.8 Å². The second-order valence-corrected chi connectivity index (χ2v) is 2.95. The Kier molecular flexibility index (Phi) is 3.19. The molecule has 0 saturated carbocycles. The fraction of sp³-hybridized carbons (Fsp3) is 0. The minimum absolute atomic E-state index is 0. The Balaban J connectivity index is 0.000000720. The van der Waals surface area contributed by atoms with Crippen molar-refractivity contribution in [1.82, 2.24) is 9.97 Å². The average Bonchev–Trinajstić information content (AvgIpc) is 2.58. The SMILES string of the molecule is Cl.c1ccc(-c2nccs2)nc1. The van der Waals surface area contributed by atoms with E-state index in [9.17, 15) is 0 Å². The molecule has 0 aliphatic carbocycles. The first-order chi connectivity index (χ1) is 5.47. The summed E-state index contributed by atoms with van der Waals surface area (Å²) >= 11 is 1.60. The van der Waals surface area contributed by atoms with E-state index in [-0.39, 0.29) is 12.4 Å². The van der Waals surface area contributed by atoms with Crippen molar-refractivity contribution in [3.05, 3.63) is 36.0 Å². The fourth-order valence-electron chi connectivity index (χ4n) is 0.839. The van der Waals surface area contributed by atoms with Crippen molar-refractivity contribution in [2.24, 2.45) is 0 Å². The Labute approximate surface area is 80.7 Å². The largest absolute Gasteiger partial charge is 0.254 e. The van der Waals surface area contributed by atoms with Gasteiger partial charge in [0.15, 0.2) is 0 Å². The molecule has 2 aromatic heterocycles. The smallest absolute Gasteiger partial charge is 0.141 e. The highest BCUT2D eigenvalue weighted by Gasteiger charge is 1.97. The molecule has 0 aliphatic heterocycles. The van der Waals surface area contributed by atoms with E-state index in [2.05, 4.69) is 9.97 Å². The first-order valence-electron chi connectivity index (χ1n) is 3.28. The number of halogens is 1. The van der Waals surface area contributed by atoms with Gasteiger partial charge < -0.3 is 0 Å². The molecular weight excluding hydrogens is 192 g/mol. The zero-order valence-electron chi connectivity index (χ0n) is 6.18. The Morgan fingerprint density at radius 3 is 2.58 bits per heavy atom. The van der Waals surface area contributed by atoms with Crippen LogP contribution in [0.15, 0.2) is 36.0 Å². The lowest BCUT2D eigenvalue weighted by Gasteiger charge is -1.90. The quantitative estimate of drug-likeness (QED) is 0.704. The Bertz CT molecular complexity index is 320. The molecule has 62 valence electrons. The van der Waals surface area contributed by atoms with Crippen LogP contribution in [-0.2, 0) is 0 Å². The number of aromatic nitrogens is 2. The van der Waals surface area contributed by atoms with Crippen molar-refractivity contribution in [2.45, 2.75) is 0 Å². The molecule has 2 nitrogen and oxygen atoms in total. The highest BCUT2D eigenvalue weighted by Crippen LogP contribution is 2.17. The third-order valence-electron chi connectivity index (χ3n) is 1.32. The minimum Gasteiger partial charge on any atom is -0.254 e. The van der Waals surface area contributed by atoms with E-state index in [0.29, 0.717) is 0 Å². The van der Waals surface area contributed by atoms with Crippen LogP contribution < -0.4 is 0 Å². The van der Waals surface area contributed by atoms with Gasteiger partial charge in [-0.05, 0) is 12.1 Å². The summed E-state index contributed by atoms with van der Waals surface area (Å²) in [6.45, 7) is 0. The second-order valence-electron chi connectivity index (χ2n) is 2.05. The molecule has 0 bridgehead atoms. The van der Waals surface area contributed by atoms with Gasteiger partial charge in [-0.25, -0.2) is 4.98 Å². The summed E-state index contributed by atoms with van der Waals surface area (Å²) in [4.78, 5) is 8.31. The average molecular weight is 199 g/mol. The molecule has 0 radical (unpaired) electrons. The van der Waals surface area contributed by atoms with Crippen LogP contribution in [0.2, 0.25) is 0 Å². The van der Waals surface area contributed by atoms with Crippen molar-refractivity contribution in [3.8, 4) is 10.7 Å². The van der Waals surface area contributed by atoms with Gasteiger partial charge in [0.05, 0.1) is 5.69 Å². The molecular formula is C8H7ClN2S. The maximum absolute atomic E-state index is 4.17. The molecule has 0 atom stereocenters. The Morgan fingerprint density at radius 1 is 1.08 bits per heavy atom. The molecule has 0 aliphatic rings. The summed E-state index contributed by atoms with van der Waals surface area (Å²) in [6.07, 6.45) is 3.56. The third-order valence-corrected chi connectivity index (χ3v) is 2.11. The number of hydrogen-bond donors (Lipinski definition) is 0. The van der Waals surface area contributed by atoms with E-state index in [1.807, 2.05) is 23.6 Å². The summed E-state index contributed by atoms with van der Waals surface area (Å²) < 4.78 is 0. The number of thiazole rings is 1. The molecule has 0 amide bonds. The lowest BCUT2D eigenvalue weighted by Crippen LogP contribution is -1.78. The zero-order chi connectivity index (χ0) is 7.52. The predicted molar refractivity (Wildman–Crippen MR) is 52.6 cm³/mol. The molecule has 0 aromatic carbocycles. The molecule has 4 heteroatoms. The van der Waals surface area contributed by atoms with Gasteiger partial charge in [0.25, 0.3) is 0 Å². The zero-order valence-corrected chi connectivity index (χ0v) is 7.81. The first kappa shape index (κ1) is 9.16. The summed E-state index contributed by atoms with van der Waals surface area (Å²) in [5.74, 6) is 0. The van der Waals surface area contributed by atoms with Crippen LogP contribution in [0.5, 0.6) is 0 Å². The molecule has 12 heavy (non-hydrogen) atoms. The van der Waals surface area contributed by atoms with Crippen LogP contribution in [0.25, 0.3) is 10.7 Å². The van der Waals surface area contributed by atoms with Crippen molar-refractivity contribution >= 4 is 23.7 Å². The molecule has 0 saturated heterocycles. The summed E-state index contributed by atoms with van der Waals surface area (Å²) in [5.41, 5.74) is 0.947. The van der Waals surface area contributed by atoms with Gasteiger partial charge in [-0.3, -0.25) is 4.98 Å². The highest BCUT2D eigenvalue weighted by molar-refractivity contribution is 7.13. The van der Waals surface area contributed by atoms with Crippen LogP contribution in [0.4, 0.5) is 0 Å². The normalized spacial score (nSPS) is 9.00. The van der Waals surface area contributed by atoms with Crippen molar-refractivity contribution < 1.29 is 0 Å². The van der Waals surface area contributed by atoms with Gasteiger partial charge in [-0.1, -0.05) is 6.07 Å². The summed E-state index contributed by atoms with van der Waals surface area (Å²) in [7, 11) is 0. The van der Waals surface area contributed by atoms with Crippen molar-refractivity contribution in [2.75, 3.05) is 0 Å². The van der Waals surface area contributed by atoms with Gasteiger partial charge in [-0.15, -0.1) is 23.7 Å². The molecule has 0 spiro atoms. The van der Waals surface area contributed by atoms with Crippen LogP contribution in [0.1, 0.15) is 0 Å². The van der Waals surface area contributed by atoms with Crippen LogP contribution in [0.3, 0.4) is 0 Å². The van der Waals surface area contributed by atoms with Gasteiger partial charge in [0.2, 0.25) is 0 Å². The highest BCUT2D eigenvalue weighted by atomic mass is 35.5. The number of pyridine rings is 1. The number of nitrogens with zero attached hydrogens (tertiary/aromatic N) is 2. The van der Waals surface area contributed by atoms with Crippen molar-refractivity contribution in [1.29, 1.82) is 0 Å². The molecule has 2 heterocycles. The van der Waals surface area contributed by atoms with Gasteiger partial charge in [-0.2, -0.15) is 0 Å². The van der Waals surface area contributed by atoms with E-state index < -0.39 is 0 Å². The number of rotatable bonds is 1. The Hall–Kier alpha value is -0.930. The minimum atomic E-state index is 0. The molecule has 0 unspecified atom stereocenters. The van der Waals surface area contributed by atoms with E-state index >= 15 is 0 Å². The van der Waals surface area contributed by atoms with Gasteiger partial charge in [0.1, 0.15) is 5.01 Å². The van der Waals surface area contributed by atoms with Crippen LogP contribution in [-0.4, -0.2) is 9.97 Å². The van der Waals surface area contributed by atoms with Crippen molar-refractivity contribution in [3.63, 3.8) is 0 Å². The maximum Gasteiger partial charge on any atom is 0.141 e. The summed E-state index contributed by atoms with van der Waals surface area (Å²) in [6, 6.07) is 5.82. The van der Waals surface area contributed by atoms with E-state index in [1.54, 1.807) is 23.7 Å². The molecule has 2 rings (SSSR count). The maximum atomic E-state index is 4.17. The predicted octanol–water partition coefficient (Wildman–Crippen LogP) is 2.63. The lowest BCUT2D eigenvalue weighted by atomic mass is 10.4. The molecule has 0 N–H and O–H groups in total. The third kappa shape index (κ3) is 1.81. The molecule has 0 fully saturated rings. The Morgan fingerprint density at radius 2 is 2.00 bits per heavy atom. The lowest BCUT2D eigenvalue weighted by molar-refractivity contribution is 1.29. The standard InChI is InChI=1S/C8H6N2S.ClH/c1-2-4-9-7(3-1)8-10-5-6-11-8;/h1-6H;1H. The molecule has 2 aromatic rings. The van der Waals surface area contributed by atoms with E-state index in [4.69, 9.17) is 0 Å². The van der Waals surface area contributed by atoms with E-state index in [0.717, 1.165) is 10.7 Å². The summed E-state index contributed by atoms with van der Waals surface area (Å²) in [5, 5.41) is 2.93. The van der Waals surface area contributed by atoms with E-state index in [1.165, 1.54) is 0 Å². The van der Waals surface area contributed by atoms with Crippen LogP contribution >= 0.6 is 23.7 Å². The monoisotopic (exact) mass is 198 g/mol. The first-order valence-corrected chi connectivity index (χ1v) is 4.16. The van der Waals surface area contributed by atoms with Crippen LogP contribution in [0, 0.1) is 0 Å². The number of hydrogen-bond acceptors (Lipinski definition) is 3.